The zero-order valence-electron chi connectivity index (χ0n) is 9.65. The van der Waals surface area contributed by atoms with E-state index in [1.165, 1.54) is 0 Å². The first-order valence-corrected chi connectivity index (χ1v) is 5.94. The maximum absolute atomic E-state index is 5.69. The zero-order valence-corrected chi connectivity index (χ0v) is 9.65. The molecule has 0 aromatic heterocycles. The molecule has 2 saturated heterocycles. The number of ether oxygens (including phenoxy) is 3. The molecule has 2 fully saturated rings. The van der Waals surface area contributed by atoms with Gasteiger partial charge in [-0.05, 0) is 19.5 Å². The number of hydrogen-bond donors (Lipinski definition) is 0. The van der Waals surface area contributed by atoms with Crippen LogP contribution in [0.2, 0.25) is 0 Å². The standard InChI is InChI=1S/C11H21NO3/c1-3-12(4-2)9-7-10-11(15-8-9)14-6-5-13-10/h9-11H,3-8H2,1-2H3/t9-,10+,11-/m1/s1. The van der Waals surface area contributed by atoms with E-state index in [4.69, 9.17) is 14.2 Å². The second-order valence-corrected chi connectivity index (χ2v) is 4.09. The molecule has 0 bridgehead atoms. The van der Waals surface area contributed by atoms with Crippen LogP contribution in [0.4, 0.5) is 0 Å². The van der Waals surface area contributed by atoms with Gasteiger partial charge in [0.25, 0.3) is 0 Å². The van der Waals surface area contributed by atoms with Gasteiger partial charge in [-0.15, -0.1) is 0 Å². The molecule has 0 aliphatic carbocycles. The zero-order chi connectivity index (χ0) is 10.7. The van der Waals surface area contributed by atoms with Gasteiger partial charge in [-0.1, -0.05) is 13.8 Å². The predicted octanol–water partition coefficient (Wildman–Crippen LogP) is 0.859. The molecule has 0 saturated carbocycles. The minimum absolute atomic E-state index is 0.120. The molecule has 0 aromatic rings. The van der Waals surface area contributed by atoms with Gasteiger partial charge in [0, 0.05) is 6.04 Å². The largest absolute Gasteiger partial charge is 0.370 e. The molecular formula is C11H21NO3. The molecule has 15 heavy (non-hydrogen) atoms. The van der Waals surface area contributed by atoms with Crippen LogP contribution in [-0.4, -0.2) is 56.2 Å². The summed E-state index contributed by atoms with van der Waals surface area (Å²) in [5, 5.41) is 0. The van der Waals surface area contributed by atoms with Gasteiger partial charge in [0.1, 0.15) is 6.10 Å². The van der Waals surface area contributed by atoms with Crippen molar-refractivity contribution in [2.75, 3.05) is 32.9 Å². The molecule has 4 heteroatoms. The lowest BCUT2D eigenvalue weighted by Crippen LogP contribution is -2.52. The quantitative estimate of drug-likeness (QED) is 0.698. The van der Waals surface area contributed by atoms with Crippen LogP contribution in [0.15, 0.2) is 0 Å². The number of rotatable bonds is 3. The molecule has 0 spiro atoms. The molecule has 3 atom stereocenters. The monoisotopic (exact) mass is 215 g/mol. The van der Waals surface area contributed by atoms with Gasteiger partial charge >= 0.3 is 0 Å². The third-order valence-corrected chi connectivity index (χ3v) is 3.29. The van der Waals surface area contributed by atoms with Gasteiger partial charge < -0.3 is 14.2 Å². The summed E-state index contributed by atoms with van der Waals surface area (Å²) in [5.74, 6) is 0. The Bertz CT molecular complexity index is 196. The van der Waals surface area contributed by atoms with Crippen LogP contribution in [0.25, 0.3) is 0 Å². The lowest BCUT2D eigenvalue weighted by Gasteiger charge is -2.42. The SMILES string of the molecule is CCN(CC)[C@H]1CO[C@H]2OCCO[C@H]2C1. The summed E-state index contributed by atoms with van der Waals surface area (Å²) >= 11 is 0. The fraction of sp³-hybridized carbons (Fsp3) is 1.00. The van der Waals surface area contributed by atoms with Crippen molar-refractivity contribution in [1.29, 1.82) is 0 Å². The van der Waals surface area contributed by atoms with E-state index in [0.29, 0.717) is 19.3 Å². The van der Waals surface area contributed by atoms with Crippen molar-refractivity contribution in [3.8, 4) is 0 Å². The molecule has 2 aliphatic heterocycles. The van der Waals surface area contributed by atoms with E-state index < -0.39 is 0 Å². The topological polar surface area (TPSA) is 30.9 Å². The summed E-state index contributed by atoms with van der Waals surface area (Å²) in [6, 6.07) is 0.489. The molecule has 4 nitrogen and oxygen atoms in total. The van der Waals surface area contributed by atoms with E-state index in [1.54, 1.807) is 0 Å². The molecular weight excluding hydrogens is 194 g/mol. The molecule has 0 unspecified atom stereocenters. The number of nitrogens with zero attached hydrogens (tertiary/aromatic N) is 1. The Labute approximate surface area is 91.5 Å². The normalized spacial score (nSPS) is 36.6. The van der Waals surface area contributed by atoms with Gasteiger partial charge in [-0.3, -0.25) is 4.90 Å². The van der Waals surface area contributed by atoms with Crippen molar-refractivity contribution in [3.63, 3.8) is 0 Å². The van der Waals surface area contributed by atoms with Gasteiger partial charge in [-0.25, -0.2) is 0 Å². The molecule has 2 rings (SSSR count). The highest BCUT2D eigenvalue weighted by molar-refractivity contribution is 4.82. The van der Waals surface area contributed by atoms with Gasteiger partial charge in [0.2, 0.25) is 0 Å². The number of fused-ring (bicyclic) bond motifs is 1. The molecule has 2 aliphatic rings. The summed E-state index contributed by atoms with van der Waals surface area (Å²) in [6.45, 7) is 8.66. The third-order valence-electron chi connectivity index (χ3n) is 3.29. The predicted molar refractivity (Wildman–Crippen MR) is 56.8 cm³/mol. The Kier molecular flexibility index (Phi) is 3.97. The number of hydrogen-bond acceptors (Lipinski definition) is 4. The first-order chi connectivity index (χ1) is 7.35. The first kappa shape index (κ1) is 11.3. The Balaban J connectivity index is 1.90. The van der Waals surface area contributed by atoms with E-state index in [2.05, 4.69) is 18.7 Å². The van der Waals surface area contributed by atoms with Crippen molar-refractivity contribution in [3.05, 3.63) is 0 Å². The first-order valence-electron chi connectivity index (χ1n) is 5.94. The van der Waals surface area contributed by atoms with Crippen molar-refractivity contribution >= 4 is 0 Å². The lowest BCUT2D eigenvalue weighted by atomic mass is 10.0. The van der Waals surface area contributed by atoms with Crippen LogP contribution < -0.4 is 0 Å². The molecule has 0 radical (unpaired) electrons. The fourth-order valence-electron chi connectivity index (χ4n) is 2.42. The molecule has 0 amide bonds. The minimum Gasteiger partial charge on any atom is -0.370 e. The van der Waals surface area contributed by atoms with E-state index in [9.17, 15) is 0 Å². The highest BCUT2D eigenvalue weighted by atomic mass is 16.7. The second kappa shape index (κ2) is 5.25. The van der Waals surface area contributed by atoms with Crippen LogP contribution in [0.1, 0.15) is 20.3 Å². The summed E-state index contributed by atoms with van der Waals surface area (Å²) in [4.78, 5) is 2.42. The van der Waals surface area contributed by atoms with Gasteiger partial charge in [-0.2, -0.15) is 0 Å². The minimum atomic E-state index is -0.120. The maximum atomic E-state index is 5.69. The maximum Gasteiger partial charge on any atom is 0.183 e. The average molecular weight is 215 g/mol. The van der Waals surface area contributed by atoms with Crippen molar-refractivity contribution in [1.82, 2.24) is 4.90 Å². The van der Waals surface area contributed by atoms with Gasteiger partial charge in [0.05, 0.1) is 19.8 Å². The van der Waals surface area contributed by atoms with E-state index >= 15 is 0 Å². The Hall–Kier alpha value is -0.160. The summed E-state index contributed by atoms with van der Waals surface area (Å²) in [5.41, 5.74) is 0. The van der Waals surface area contributed by atoms with Crippen molar-refractivity contribution in [2.24, 2.45) is 0 Å². The highest BCUT2D eigenvalue weighted by Crippen LogP contribution is 2.24. The average Bonchev–Trinajstić information content (AvgIpc) is 2.30. The fourth-order valence-corrected chi connectivity index (χ4v) is 2.42. The third kappa shape index (κ3) is 2.50. The molecule has 0 N–H and O–H groups in total. The summed E-state index contributed by atoms with van der Waals surface area (Å²) in [6.07, 6.45) is 1.05. The summed E-state index contributed by atoms with van der Waals surface area (Å²) in [7, 11) is 0. The van der Waals surface area contributed by atoms with Gasteiger partial charge in [0.15, 0.2) is 6.29 Å². The van der Waals surface area contributed by atoms with E-state index in [-0.39, 0.29) is 12.4 Å². The molecule has 2 heterocycles. The second-order valence-electron chi connectivity index (χ2n) is 4.09. The van der Waals surface area contributed by atoms with Crippen LogP contribution in [0.5, 0.6) is 0 Å². The van der Waals surface area contributed by atoms with Crippen molar-refractivity contribution in [2.45, 2.75) is 38.7 Å². The molecule has 0 aromatic carbocycles. The van der Waals surface area contributed by atoms with Crippen LogP contribution >= 0.6 is 0 Å². The lowest BCUT2D eigenvalue weighted by molar-refractivity contribution is -0.275. The van der Waals surface area contributed by atoms with E-state index in [1.807, 2.05) is 0 Å². The van der Waals surface area contributed by atoms with Crippen molar-refractivity contribution < 1.29 is 14.2 Å². The Morgan fingerprint density at radius 2 is 1.80 bits per heavy atom. The van der Waals surface area contributed by atoms with Crippen LogP contribution in [0, 0.1) is 0 Å². The number of likely N-dealkylation sites (N-methyl/N-ethyl adjacent to an activating group) is 1. The molecule has 88 valence electrons. The Morgan fingerprint density at radius 1 is 1.07 bits per heavy atom. The highest BCUT2D eigenvalue weighted by Gasteiger charge is 2.36. The summed E-state index contributed by atoms with van der Waals surface area (Å²) < 4.78 is 16.9. The smallest absolute Gasteiger partial charge is 0.183 e. The van der Waals surface area contributed by atoms with Crippen LogP contribution in [0.3, 0.4) is 0 Å². The van der Waals surface area contributed by atoms with Crippen LogP contribution in [-0.2, 0) is 14.2 Å². The Morgan fingerprint density at radius 3 is 2.53 bits per heavy atom. The van der Waals surface area contributed by atoms with E-state index in [0.717, 1.165) is 26.1 Å².